The van der Waals surface area contributed by atoms with Crippen molar-refractivity contribution in [1.29, 1.82) is 0 Å². The van der Waals surface area contributed by atoms with Crippen molar-refractivity contribution in [2.75, 3.05) is 19.0 Å². The van der Waals surface area contributed by atoms with Gasteiger partial charge in [0, 0.05) is 31.8 Å². The molecule has 0 saturated heterocycles. The Morgan fingerprint density at radius 2 is 1.71 bits per heavy atom. The molecule has 4 rings (SSSR count). The van der Waals surface area contributed by atoms with E-state index in [-0.39, 0.29) is 5.89 Å². The third-order valence-electron chi connectivity index (χ3n) is 4.61. The fourth-order valence-electron chi connectivity index (χ4n) is 2.95. The number of benzene rings is 2. The van der Waals surface area contributed by atoms with Gasteiger partial charge < -0.3 is 13.8 Å². The minimum absolute atomic E-state index is 0.284. The largest absolute Gasteiger partial charge is 0.438 e. The first-order valence-electron chi connectivity index (χ1n) is 9.13. The van der Waals surface area contributed by atoms with E-state index >= 15 is 0 Å². The van der Waals surface area contributed by atoms with E-state index < -0.39 is 0 Å². The molecule has 0 aliphatic heterocycles. The number of anilines is 1. The normalized spacial score (nSPS) is 11.0. The maximum Gasteiger partial charge on any atom is 0.314 e. The summed E-state index contributed by atoms with van der Waals surface area (Å²) < 4.78 is 11.2. The summed E-state index contributed by atoms with van der Waals surface area (Å²) in [6, 6.07) is 16.3. The van der Waals surface area contributed by atoms with Crippen molar-refractivity contribution in [1.82, 2.24) is 15.1 Å². The number of aromatic nitrogens is 3. The summed E-state index contributed by atoms with van der Waals surface area (Å²) in [6.07, 6.45) is 0.677. The van der Waals surface area contributed by atoms with Crippen molar-refractivity contribution in [2.24, 2.45) is 0 Å². The van der Waals surface area contributed by atoms with Crippen molar-refractivity contribution >= 4 is 5.69 Å². The van der Waals surface area contributed by atoms with E-state index in [1.807, 2.05) is 58.3 Å². The Balaban J connectivity index is 1.58. The summed E-state index contributed by atoms with van der Waals surface area (Å²) >= 11 is 0. The standard InChI is InChI=1S/C22H22N4O2/c1-14-8-10-17(11-9-14)20-24-22(28-25-20)21-23-19(15(2)27-21)13-16-6-5-7-18(12-16)26(3)4/h5-12H,13H2,1-4H3. The highest BCUT2D eigenvalue weighted by molar-refractivity contribution is 5.57. The molecule has 2 heterocycles. The predicted octanol–water partition coefficient (Wildman–Crippen LogP) is 4.67. The zero-order valence-electron chi connectivity index (χ0n) is 16.4. The van der Waals surface area contributed by atoms with Gasteiger partial charge in [0.05, 0.1) is 5.69 Å². The van der Waals surface area contributed by atoms with Gasteiger partial charge in [-0.1, -0.05) is 47.1 Å². The van der Waals surface area contributed by atoms with Crippen LogP contribution in [0.25, 0.3) is 23.2 Å². The molecule has 142 valence electrons. The fraction of sp³-hybridized carbons (Fsp3) is 0.227. The van der Waals surface area contributed by atoms with Crippen LogP contribution in [0.2, 0.25) is 0 Å². The second-order valence-corrected chi connectivity index (χ2v) is 7.05. The minimum Gasteiger partial charge on any atom is -0.438 e. The van der Waals surface area contributed by atoms with Crippen LogP contribution in [0.4, 0.5) is 5.69 Å². The second-order valence-electron chi connectivity index (χ2n) is 7.05. The molecule has 0 aliphatic rings. The van der Waals surface area contributed by atoms with Crippen LogP contribution in [0.3, 0.4) is 0 Å². The molecule has 0 saturated carbocycles. The van der Waals surface area contributed by atoms with Gasteiger partial charge in [0.1, 0.15) is 5.76 Å². The number of oxazole rings is 1. The van der Waals surface area contributed by atoms with Gasteiger partial charge in [0.15, 0.2) is 0 Å². The Hall–Kier alpha value is -3.41. The molecule has 0 aliphatic carbocycles. The Morgan fingerprint density at radius 3 is 2.46 bits per heavy atom. The van der Waals surface area contributed by atoms with Crippen LogP contribution >= 0.6 is 0 Å². The lowest BCUT2D eigenvalue weighted by Gasteiger charge is -2.13. The van der Waals surface area contributed by atoms with E-state index in [9.17, 15) is 0 Å². The first-order valence-corrected chi connectivity index (χ1v) is 9.13. The highest BCUT2D eigenvalue weighted by atomic mass is 16.5. The summed E-state index contributed by atoms with van der Waals surface area (Å²) in [4.78, 5) is 11.1. The van der Waals surface area contributed by atoms with Crippen LogP contribution in [-0.4, -0.2) is 29.2 Å². The second kappa shape index (κ2) is 7.31. The first-order chi connectivity index (χ1) is 13.5. The van der Waals surface area contributed by atoms with Gasteiger partial charge in [-0.2, -0.15) is 4.98 Å². The molecule has 0 atom stereocenters. The van der Waals surface area contributed by atoms with Gasteiger partial charge in [0.25, 0.3) is 5.89 Å². The molecule has 2 aromatic carbocycles. The molecule has 4 aromatic rings. The van der Waals surface area contributed by atoms with E-state index in [2.05, 4.69) is 38.2 Å². The van der Waals surface area contributed by atoms with Gasteiger partial charge in [0.2, 0.25) is 5.82 Å². The summed E-state index contributed by atoms with van der Waals surface area (Å²) in [5, 5.41) is 4.05. The Labute approximate surface area is 163 Å². The van der Waals surface area contributed by atoms with E-state index in [0.29, 0.717) is 18.1 Å². The Morgan fingerprint density at radius 1 is 0.929 bits per heavy atom. The summed E-state index contributed by atoms with van der Waals surface area (Å²) in [6.45, 7) is 3.94. The smallest absolute Gasteiger partial charge is 0.314 e. The monoisotopic (exact) mass is 374 g/mol. The lowest BCUT2D eigenvalue weighted by molar-refractivity contribution is 0.411. The molecule has 0 spiro atoms. The van der Waals surface area contributed by atoms with Crippen LogP contribution in [0.15, 0.2) is 57.5 Å². The van der Waals surface area contributed by atoms with Gasteiger partial charge in [-0.05, 0) is 31.5 Å². The lowest BCUT2D eigenvalue weighted by Crippen LogP contribution is -2.08. The van der Waals surface area contributed by atoms with E-state index in [1.165, 1.54) is 11.1 Å². The van der Waals surface area contributed by atoms with Gasteiger partial charge >= 0.3 is 5.89 Å². The average molecular weight is 374 g/mol. The predicted molar refractivity (Wildman–Crippen MR) is 108 cm³/mol. The third kappa shape index (κ3) is 3.67. The summed E-state index contributed by atoms with van der Waals surface area (Å²) in [7, 11) is 4.06. The van der Waals surface area contributed by atoms with Crippen LogP contribution in [0.5, 0.6) is 0 Å². The molecule has 6 nitrogen and oxygen atoms in total. The topological polar surface area (TPSA) is 68.2 Å². The van der Waals surface area contributed by atoms with Crippen molar-refractivity contribution in [3.8, 4) is 23.2 Å². The van der Waals surface area contributed by atoms with Crippen molar-refractivity contribution in [2.45, 2.75) is 20.3 Å². The van der Waals surface area contributed by atoms with Crippen LogP contribution in [0, 0.1) is 13.8 Å². The van der Waals surface area contributed by atoms with Gasteiger partial charge in [-0.3, -0.25) is 0 Å². The molecular weight excluding hydrogens is 352 g/mol. The summed E-state index contributed by atoms with van der Waals surface area (Å²) in [5.41, 5.74) is 5.25. The zero-order chi connectivity index (χ0) is 19.7. The third-order valence-corrected chi connectivity index (χ3v) is 4.61. The highest BCUT2D eigenvalue weighted by Gasteiger charge is 2.18. The van der Waals surface area contributed by atoms with E-state index in [4.69, 9.17) is 8.94 Å². The number of hydrogen-bond donors (Lipinski definition) is 0. The van der Waals surface area contributed by atoms with Crippen LogP contribution in [-0.2, 0) is 6.42 Å². The molecule has 0 unspecified atom stereocenters. The number of aryl methyl sites for hydroxylation is 2. The fourth-order valence-corrected chi connectivity index (χ4v) is 2.95. The molecule has 28 heavy (non-hydrogen) atoms. The van der Waals surface area contributed by atoms with Crippen molar-refractivity contribution < 1.29 is 8.94 Å². The Kier molecular flexibility index (Phi) is 4.69. The van der Waals surface area contributed by atoms with Gasteiger partial charge in [-0.25, -0.2) is 4.98 Å². The molecule has 0 radical (unpaired) electrons. The van der Waals surface area contributed by atoms with E-state index in [1.54, 1.807) is 0 Å². The number of hydrogen-bond acceptors (Lipinski definition) is 6. The maximum absolute atomic E-state index is 5.80. The van der Waals surface area contributed by atoms with Gasteiger partial charge in [-0.15, -0.1) is 0 Å². The van der Waals surface area contributed by atoms with Crippen molar-refractivity contribution in [3.05, 3.63) is 71.1 Å². The quantitative estimate of drug-likeness (QED) is 0.506. The van der Waals surface area contributed by atoms with Crippen LogP contribution < -0.4 is 4.90 Å². The maximum atomic E-state index is 5.80. The molecule has 6 heteroatoms. The number of rotatable bonds is 5. The lowest BCUT2D eigenvalue weighted by atomic mass is 10.1. The molecule has 0 bridgehead atoms. The molecule has 0 fully saturated rings. The molecule has 0 amide bonds. The molecule has 0 N–H and O–H groups in total. The van der Waals surface area contributed by atoms with Crippen molar-refractivity contribution in [3.63, 3.8) is 0 Å². The van der Waals surface area contributed by atoms with Crippen LogP contribution in [0.1, 0.15) is 22.6 Å². The molecule has 2 aromatic heterocycles. The van der Waals surface area contributed by atoms with E-state index in [0.717, 1.165) is 22.7 Å². The minimum atomic E-state index is 0.284. The zero-order valence-corrected chi connectivity index (χ0v) is 16.4. The SMILES string of the molecule is Cc1ccc(-c2noc(-c3nc(Cc4cccc(N(C)C)c4)c(C)o3)n2)cc1. The number of nitrogens with zero attached hydrogens (tertiary/aromatic N) is 4. The average Bonchev–Trinajstić information content (AvgIpc) is 3.30. The Bertz CT molecular complexity index is 1090. The summed E-state index contributed by atoms with van der Waals surface area (Å²) in [5.74, 6) is 1.90. The highest BCUT2D eigenvalue weighted by Crippen LogP contribution is 2.25. The molecular formula is C22H22N4O2. The first kappa shape index (κ1) is 18.0.